The topological polar surface area (TPSA) is 62.5 Å². The van der Waals surface area contributed by atoms with Crippen molar-refractivity contribution in [2.24, 2.45) is 5.92 Å². The number of pyridine rings is 1. The average molecular weight is 368 g/mol. The van der Waals surface area contributed by atoms with Crippen molar-refractivity contribution in [2.45, 2.75) is 45.1 Å². The number of amides is 1. The van der Waals surface area contributed by atoms with E-state index in [2.05, 4.69) is 34.1 Å². The maximum Gasteiger partial charge on any atom is 0.292 e. The SMILES string of the molecule is CC1CCN(C(=O)c2cc([C@H]3CCCN(Cc4ccncc4)C3)no2)CC1. The van der Waals surface area contributed by atoms with E-state index in [-0.39, 0.29) is 5.91 Å². The van der Waals surface area contributed by atoms with Crippen LogP contribution < -0.4 is 0 Å². The van der Waals surface area contributed by atoms with Gasteiger partial charge in [-0.05, 0) is 55.8 Å². The third-order valence-corrected chi connectivity index (χ3v) is 5.89. The van der Waals surface area contributed by atoms with Gasteiger partial charge in [0.05, 0.1) is 5.69 Å². The van der Waals surface area contributed by atoms with Crippen molar-refractivity contribution in [1.82, 2.24) is 19.9 Å². The number of likely N-dealkylation sites (tertiary alicyclic amines) is 2. The van der Waals surface area contributed by atoms with E-state index in [9.17, 15) is 4.79 Å². The van der Waals surface area contributed by atoms with Crippen LogP contribution in [0.1, 0.15) is 60.3 Å². The first kappa shape index (κ1) is 18.2. The number of carbonyl (C=O) groups is 1. The highest BCUT2D eigenvalue weighted by Gasteiger charge is 2.28. The number of rotatable bonds is 4. The minimum atomic E-state index is -0.00917. The lowest BCUT2D eigenvalue weighted by atomic mass is 9.94. The Hall–Kier alpha value is -2.21. The highest BCUT2D eigenvalue weighted by atomic mass is 16.5. The number of hydrogen-bond donors (Lipinski definition) is 0. The molecular weight excluding hydrogens is 340 g/mol. The second-order valence-corrected chi connectivity index (χ2v) is 8.02. The van der Waals surface area contributed by atoms with E-state index in [1.54, 1.807) is 0 Å². The summed E-state index contributed by atoms with van der Waals surface area (Å²) in [4.78, 5) is 21.1. The Morgan fingerprint density at radius 1 is 1.19 bits per heavy atom. The fourth-order valence-corrected chi connectivity index (χ4v) is 4.14. The molecule has 2 aromatic heterocycles. The highest BCUT2D eigenvalue weighted by molar-refractivity contribution is 5.91. The molecule has 4 rings (SSSR count). The molecule has 0 saturated carbocycles. The van der Waals surface area contributed by atoms with Gasteiger partial charge in [0.2, 0.25) is 5.76 Å². The molecule has 2 aliphatic heterocycles. The Labute approximate surface area is 160 Å². The Bertz CT molecular complexity index is 753. The van der Waals surface area contributed by atoms with Gasteiger partial charge < -0.3 is 9.42 Å². The van der Waals surface area contributed by atoms with Crippen molar-refractivity contribution in [2.75, 3.05) is 26.2 Å². The second-order valence-electron chi connectivity index (χ2n) is 8.02. The number of carbonyl (C=O) groups excluding carboxylic acids is 1. The summed E-state index contributed by atoms with van der Waals surface area (Å²) >= 11 is 0. The standard InChI is InChI=1S/C21H28N4O2/c1-16-6-11-25(12-7-16)21(26)20-13-19(23-27-20)18-3-2-10-24(15-18)14-17-4-8-22-9-5-17/h4-5,8-9,13,16,18H,2-3,6-7,10-12,14-15H2,1H3/t18-/m0/s1. The van der Waals surface area contributed by atoms with Crippen LogP contribution in [0.15, 0.2) is 35.1 Å². The molecule has 6 heteroatoms. The van der Waals surface area contributed by atoms with Crippen LogP contribution in [0.25, 0.3) is 0 Å². The van der Waals surface area contributed by atoms with Gasteiger partial charge in [-0.3, -0.25) is 14.7 Å². The molecule has 1 atom stereocenters. The summed E-state index contributed by atoms with van der Waals surface area (Å²) in [6.45, 7) is 6.85. The Morgan fingerprint density at radius 2 is 1.96 bits per heavy atom. The van der Waals surface area contributed by atoms with Gasteiger partial charge in [0, 0.05) is 50.6 Å². The van der Waals surface area contributed by atoms with E-state index in [4.69, 9.17) is 4.52 Å². The molecule has 144 valence electrons. The van der Waals surface area contributed by atoms with Gasteiger partial charge in [-0.25, -0.2) is 0 Å². The van der Waals surface area contributed by atoms with E-state index in [1.807, 2.05) is 23.4 Å². The van der Waals surface area contributed by atoms with Gasteiger partial charge in [-0.2, -0.15) is 0 Å². The molecule has 2 aliphatic rings. The first-order valence-electron chi connectivity index (χ1n) is 10.1. The molecule has 4 heterocycles. The molecule has 0 unspecified atom stereocenters. The van der Waals surface area contributed by atoms with Crippen LogP contribution in [-0.2, 0) is 6.54 Å². The Balaban J connectivity index is 1.38. The Morgan fingerprint density at radius 3 is 2.74 bits per heavy atom. The molecule has 0 bridgehead atoms. The molecule has 0 aromatic carbocycles. The molecule has 2 fully saturated rings. The van der Waals surface area contributed by atoms with E-state index in [0.29, 0.717) is 17.6 Å². The normalized spacial score (nSPS) is 22.1. The number of hydrogen-bond acceptors (Lipinski definition) is 5. The van der Waals surface area contributed by atoms with Gasteiger partial charge in [0.1, 0.15) is 0 Å². The van der Waals surface area contributed by atoms with Crippen molar-refractivity contribution in [3.8, 4) is 0 Å². The van der Waals surface area contributed by atoms with Crippen molar-refractivity contribution in [1.29, 1.82) is 0 Å². The van der Waals surface area contributed by atoms with Gasteiger partial charge in [0.15, 0.2) is 0 Å². The maximum atomic E-state index is 12.7. The van der Waals surface area contributed by atoms with E-state index in [0.717, 1.165) is 64.1 Å². The van der Waals surface area contributed by atoms with Gasteiger partial charge >= 0.3 is 0 Å². The zero-order valence-corrected chi connectivity index (χ0v) is 16.0. The fraction of sp³-hybridized carbons (Fsp3) is 0.571. The minimum Gasteiger partial charge on any atom is -0.351 e. The molecule has 0 N–H and O–H groups in total. The molecule has 0 spiro atoms. The largest absolute Gasteiger partial charge is 0.351 e. The van der Waals surface area contributed by atoms with Crippen molar-refractivity contribution in [3.63, 3.8) is 0 Å². The predicted octanol–water partition coefficient (Wildman–Crippen LogP) is 3.32. The van der Waals surface area contributed by atoms with E-state index >= 15 is 0 Å². The van der Waals surface area contributed by atoms with Crippen LogP contribution in [0, 0.1) is 5.92 Å². The quantitative estimate of drug-likeness (QED) is 0.828. The van der Waals surface area contributed by atoms with Crippen LogP contribution in [0.5, 0.6) is 0 Å². The first-order valence-corrected chi connectivity index (χ1v) is 10.1. The lowest BCUT2D eigenvalue weighted by Crippen LogP contribution is -2.37. The van der Waals surface area contributed by atoms with E-state index < -0.39 is 0 Å². The van der Waals surface area contributed by atoms with Gasteiger partial charge in [-0.1, -0.05) is 12.1 Å². The molecular formula is C21H28N4O2. The highest BCUT2D eigenvalue weighted by Crippen LogP contribution is 2.28. The van der Waals surface area contributed by atoms with Crippen LogP contribution >= 0.6 is 0 Å². The molecule has 0 radical (unpaired) electrons. The summed E-state index contributed by atoms with van der Waals surface area (Å²) in [5.41, 5.74) is 2.20. The summed E-state index contributed by atoms with van der Waals surface area (Å²) in [5.74, 6) is 1.41. The monoisotopic (exact) mass is 368 g/mol. The minimum absolute atomic E-state index is 0.00917. The summed E-state index contributed by atoms with van der Waals surface area (Å²) < 4.78 is 5.45. The third kappa shape index (κ3) is 4.38. The summed E-state index contributed by atoms with van der Waals surface area (Å²) in [6, 6.07) is 6.01. The summed E-state index contributed by atoms with van der Waals surface area (Å²) in [7, 11) is 0. The van der Waals surface area contributed by atoms with Crippen LogP contribution in [0.3, 0.4) is 0 Å². The summed E-state index contributed by atoms with van der Waals surface area (Å²) in [5, 5.41) is 4.25. The maximum absolute atomic E-state index is 12.7. The molecule has 2 saturated heterocycles. The first-order chi connectivity index (χ1) is 13.2. The lowest BCUT2D eigenvalue weighted by molar-refractivity contribution is 0.0655. The predicted molar refractivity (Wildman–Crippen MR) is 102 cm³/mol. The molecule has 0 aliphatic carbocycles. The van der Waals surface area contributed by atoms with Crippen molar-refractivity contribution < 1.29 is 9.32 Å². The fourth-order valence-electron chi connectivity index (χ4n) is 4.14. The average Bonchev–Trinajstić information content (AvgIpc) is 3.19. The molecule has 27 heavy (non-hydrogen) atoms. The van der Waals surface area contributed by atoms with Gasteiger partial charge in [0.25, 0.3) is 5.91 Å². The molecule has 1 amide bonds. The van der Waals surface area contributed by atoms with Crippen LogP contribution in [0.4, 0.5) is 0 Å². The van der Waals surface area contributed by atoms with Crippen LogP contribution in [0.2, 0.25) is 0 Å². The van der Waals surface area contributed by atoms with Crippen molar-refractivity contribution >= 4 is 5.91 Å². The number of piperidine rings is 2. The smallest absolute Gasteiger partial charge is 0.292 e. The third-order valence-electron chi connectivity index (χ3n) is 5.89. The number of nitrogens with zero attached hydrogens (tertiary/aromatic N) is 4. The Kier molecular flexibility index (Phi) is 5.53. The second kappa shape index (κ2) is 8.21. The van der Waals surface area contributed by atoms with E-state index in [1.165, 1.54) is 5.56 Å². The molecule has 6 nitrogen and oxygen atoms in total. The zero-order valence-electron chi connectivity index (χ0n) is 16.0. The zero-order chi connectivity index (χ0) is 18.6. The van der Waals surface area contributed by atoms with Crippen molar-refractivity contribution in [3.05, 3.63) is 47.6 Å². The van der Waals surface area contributed by atoms with Gasteiger partial charge in [-0.15, -0.1) is 0 Å². The summed E-state index contributed by atoms with van der Waals surface area (Å²) in [6.07, 6.45) is 8.05. The van der Waals surface area contributed by atoms with Crippen LogP contribution in [-0.4, -0.2) is 52.0 Å². The number of aromatic nitrogens is 2. The lowest BCUT2D eigenvalue weighted by Gasteiger charge is -2.31. The molecule has 2 aromatic rings.